The molecule has 2 aromatic rings. The van der Waals surface area contributed by atoms with Crippen LogP contribution in [0.4, 0.5) is 15.8 Å². The van der Waals surface area contributed by atoms with Crippen LogP contribution < -0.4 is 10.0 Å². The van der Waals surface area contributed by atoms with E-state index < -0.39 is 15.8 Å². The molecule has 3 rings (SSSR count). The fourth-order valence-corrected chi connectivity index (χ4v) is 3.40. The van der Waals surface area contributed by atoms with Crippen molar-refractivity contribution in [1.82, 2.24) is 0 Å². The Morgan fingerprint density at radius 1 is 1.19 bits per heavy atom. The maximum Gasteiger partial charge on any atom is 0.261 e. The maximum atomic E-state index is 13.4. The van der Waals surface area contributed by atoms with Crippen LogP contribution in [-0.4, -0.2) is 15.0 Å². The lowest BCUT2D eigenvalue weighted by molar-refractivity contribution is 0.601. The number of benzene rings is 2. The Bertz CT molecular complexity index is 809. The number of nitrogens with one attached hydrogen (secondary N) is 2. The van der Waals surface area contributed by atoms with E-state index in [0.29, 0.717) is 0 Å². The molecular formula is C14H12ClFN2O2S. The Morgan fingerprint density at radius 2 is 2.00 bits per heavy atom. The van der Waals surface area contributed by atoms with Gasteiger partial charge in [-0.1, -0.05) is 17.7 Å². The quantitative estimate of drug-likeness (QED) is 0.910. The van der Waals surface area contributed by atoms with Crippen LogP contribution >= 0.6 is 11.6 Å². The largest absolute Gasteiger partial charge is 0.384 e. The molecule has 1 aliphatic heterocycles. The second-order valence-electron chi connectivity index (χ2n) is 4.73. The van der Waals surface area contributed by atoms with Gasteiger partial charge in [0.15, 0.2) is 0 Å². The molecule has 2 N–H and O–H groups in total. The monoisotopic (exact) mass is 326 g/mol. The third-order valence-corrected chi connectivity index (χ3v) is 4.96. The zero-order chi connectivity index (χ0) is 15.0. The van der Waals surface area contributed by atoms with E-state index in [1.54, 1.807) is 18.2 Å². The average Bonchev–Trinajstić information content (AvgIpc) is 2.90. The number of anilines is 2. The topological polar surface area (TPSA) is 58.2 Å². The molecule has 0 fully saturated rings. The summed E-state index contributed by atoms with van der Waals surface area (Å²) < 4.78 is 40.3. The molecule has 0 bridgehead atoms. The number of halogens is 2. The molecule has 21 heavy (non-hydrogen) atoms. The van der Waals surface area contributed by atoms with Crippen molar-refractivity contribution in [2.45, 2.75) is 11.3 Å². The molecule has 0 atom stereocenters. The predicted molar refractivity (Wildman–Crippen MR) is 80.9 cm³/mol. The van der Waals surface area contributed by atoms with Gasteiger partial charge in [0.05, 0.1) is 15.6 Å². The van der Waals surface area contributed by atoms with Crippen LogP contribution in [0.2, 0.25) is 5.02 Å². The maximum absolute atomic E-state index is 13.4. The summed E-state index contributed by atoms with van der Waals surface area (Å²) in [6.07, 6.45) is 0.880. The minimum Gasteiger partial charge on any atom is -0.384 e. The first-order chi connectivity index (χ1) is 9.95. The van der Waals surface area contributed by atoms with E-state index in [1.165, 1.54) is 12.1 Å². The molecule has 0 spiro atoms. The minimum absolute atomic E-state index is 0.0559. The molecule has 0 saturated heterocycles. The zero-order valence-corrected chi connectivity index (χ0v) is 12.4. The average molecular weight is 327 g/mol. The highest BCUT2D eigenvalue weighted by Gasteiger charge is 2.18. The number of rotatable bonds is 3. The fraction of sp³-hybridized carbons (Fsp3) is 0.143. The van der Waals surface area contributed by atoms with E-state index in [1.807, 2.05) is 0 Å². The first-order valence-electron chi connectivity index (χ1n) is 6.30. The van der Waals surface area contributed by atoms with Crippen molar-refractivity contribution in [3.05, 3.63) is 52.8 Å². The zero-order valence-electron chi connectivity index (χ0n) is 10.9. The smallest absolute Gasteiger partial charge is 0.261 e. The molecule has 1 aliphatic rings. The summed E-state index contributed by atoms with van der Waals surface area (Å²) in [4.78, 5) is 0.131. The molecule has 0 radical (unpaired) electrons. The molecule has 4 nitrogen and oxygen atoms in total. The summed E-state index contributed by atoms with van der Waals surface area (Å²) in [5, 5.41) is 3.07. The molecule has 2 aromatic carbocycles. The van der Waals surface area contributed by atoms with Crippen LogP contribution in [0.1, 0.15) is 5.56 Å². The molecule has 0 aliphatic carbocycles. The number of hydrogen-bond acceptors (Lipinski definition) is 3. The van der Waals surface area contributed by atoms with Crippen LogP contribution in [0, 0.1) is 5.82 Å². The third kappa shape index (κ3) is 2.82. The Kier molecular flexibility index (Phi) is 3.51. The van der Waals surface area contributed by atoms with Crippen molar-refractivity contribution in [2.24, 2.45) is 0 Å². The van der Waals surface area contributed by atoms with E-state index in [9.17, 15) is 12.8 Å². The molecule has 0 aromatic heterocycles. The standard InChI is InChI=1S/C14H12ClFN2O2S/c15-12-4-2-10(7-13(12)16)18-21(19,20)11-3-1-9-5-6-17-14(9)8-11/h1-4,7-8,17-18H,5-6H2. The molecular weight excluding hydrogens is 315 g/mol. The lowest BCUT2D eigenvalue weighted by atomic mass is 10.2. The van der Waals surface area contributed by atoms with Crippen molar-refractivity contribution in [3.63, 3.8) is 0 Å². The van der Waals surface area contributed by atoms with Gasteiger partial charge < -0.3 is 5.32 Å². The third-order valence-electron chi connectivity index (χ3n) is 3.27. The normalized spacial score (nSPS) is 13.6. The van der Waals surface area contributed by atoms with Gasteiger partial charge in [-0.25, -0.2) is 12.8 Å². The molecule has 7 heteroatoms. The first kappa shape index (κ1) is 14.2. The van der Waals surface area contributed by atoms with Gasteiger partial charge in [-0.15, -0.1) is 0 Å². The van der Waals surface area contributed by atoms with E-state index in [-0.39, 0.29) is 15.6 Å². The fourth-order valence-electron chi connectivity index (χ4n) is 2.21. The molecule has 0 saturated carbocycles. The van der Waals surface area contributed by atoms with Gasteiger partial charge in [-0.2, -0.15) is 0 Å². The van der Waals surface area contributed by atoms with Crippen LogP contribution in [0.15, 0.2) is 41.3 Å². The summed E-state index contributed by atoms with van der Waals surface area (Å²) in [5.41, 5.74) is 2.04. The van der Waals surface area contributed by atoms with Gasteiger partial charge in [-0.05, 0) is 42.3 Å². The molecule has 0 unspecified atom stereocenters. The minimum atomic E-state index is -3.76. The Labute approximate surface area is 127 Å². The highest BCUT2D eigenvalue weighted by Crippen LogP contribution is 2.27. The summed E-state index contributed by atoms with van der Waals surface area (Å²) >= 11 is 5.57. The van der Waals surface area contributed by atoms with E-state index >= 15 is 0 Å². The van der Waals surface area contributed by atoms with Crippen LogP contribution in [-0.2, 0) is 16.4 Å². The lowest BCUT2D eigenvalue weighted by Crippen LogP contribution is -2.13. The van der Waals surface area contributed by atoms with Crippen molar-refractivity contribution in [2.75, 3.05) is 16.6 Å². The highest BCUT2D eigenvalue weighted by atomic mass is 35.5. The first-order valence-corrected chi connectivity index (χ1v) is 8.16. The van der Waals surface area contributed by atoms with E-state index in [2.05, 4.69) is 10.0 Å². The van der Waals surface area contributed by atoms with Crippen molar-refractivity contribution in [1.29, 1.82) is 0 Å². The SMILES string of the molecule is O=S(=O)(Nc1ccc(Cl)c(F)c1)c1ccc2c(c1)NCC2. The summed E-state index contributed by atoms with van der Waals surface area (Å²) in [7, 11) is -3.76. The van der Waals surface area contributed by atoms with Gasteiger partial charge in [0, 0.05) is 12.2 Å². The number of fused-ring (bicyclic) bond motifs is 1. The van der Waals surface area contributed by atoms with Gasteiger partial charge in [-0.3, -0.25) is 4.72 Å². The van der Waals surface area contributed by atoms with Crippen molar-refractivity contribution < 1.29 is 12.8 Å². The Hall–Kier alpha value is -1.79. The van der Waals surface area contributed by atoms with Gasteiger partial charge in [0.2, 0.25) is 0 Å². The predicted octanol–water partition coefficient (Wildman–Crippen LogP) is 3.25. The summed E-state index contributed by atoms with van der Waals surface area (Å²) in [5.74, 6) is -0.674. The number of sulfonamides is 1. The van der Waals surface area contributed by atoms with Gasteiger partial charge >= 0.3 is 0 Å². The van der Waals surface area contributed by atoms with Gasteiger partial charge in [0.1, 0.15) is 5.82 Å². The number of hydrogen-bond donors (Lipinski definition) is 2. The highest BCUT2D eigenvalue weighted by molar-refractivity contribution is 7.92. The van der Waals surface area contributed by atoms with Crippen molar-refractivity contribution >= 4 is 33.0 Å². The summed E-state index contributed by atoms with van der Waals surface area (Å²) in [6, 6.07) is 8.67. The Balaban J connectivity index is 1.91. The lowest BCUT2D eigenvalue weighted by Gasteiger charge is -2.10. The van der Waals surface area contributed by atoms with Crippen LogP contribution in [0.5, 0.6) is 0 Å². The summed E-state index contributed by atoms with van der Waals surface area (Å²) in [6.45, 7) is 0.800. The Morgan fingerprint density at radius 3 is 2.76 bits per heavy atom. The van der Waals surface area contributed by atoms with Crippen molar-refractivity contribution in [3.8, 4) is 0 Å². The van der Waals surface area contributed by atoms with E-state index in [4.69, 9.17) is 11.6 Å². The molecule has 0 amide bonds. The molecule has 1 heterocycles. The van der Waals surface area contributed by atoms with Crippen LogP contribution in [0.25, 0.3) is 0 Å². The van der Waals surface area contributed by atoms with Gasteiger partial charge in [0.25, 0.3) is 10.0 Å². The second kappa shape index (κ2) is 5.20. The van der Waals surface area contributed by atoms with Crippen LogP contribution in [0.3, 0.4) is 0 Å². The van der Waals surface area contributed by atoms with E-state index in [0.717, 1.165) is 30.3 Å². The second-order valence-corrected chi connectivity index (χ2v) is 6.82. The molecule has 110 valence electrons.